The van der Waals surface area contributed by atoms with Crippen molar-refractivity contribution in [1.82, 2.24) is 9.88 Å². The number of alkyl halides is 1. The van der Waals surface area contributed by atoms with Gasteiger partial charge in [-0.1, -0.05) is 0 Å². The quantitative estimate of drug-likeness (QED) is 0.449. The zero-order valence-corrected chi connectivity index (χ0v) is 19.0. The number of pyridine rings is 1. The molecule has 0 radical (unpaired) electrons. The molecule has 3 unspecified atom stereocenters. The van der Waals surface area contributed by atoms with E-state index in [1.165, 1.54) is 0 Å². The minimum Gasteiger partial charge on any atom is -0.497 e. The van der Waals surface area contributed by atoms with E-state index in [1.807, 2.05) is 24.3 Å². The average molecular weight is 455 g/mol. The number of fused-ring (bicyclic) bond motifs is 1. The Morgan fingerprint density at radius 2 is 2.24 bits per heavy atom. The number of aromatic nitrogens is 1. The third kappa shape index (κ3) is 5.71. The van der Waals surface area contributed by atoms with Gasteiger partial charge in [0.05, 0.1) is 31.1 Å². The van der Waals surface area contributed by atoms with Gasteiger partial charge in [-0.15, -0.1) is 0 Å². The average Bonchev–Trinajstić information content (AvgIpc) is 3.35. The summed E-state index contributed by atoms with van der Waals surface area (Å²) in [5, 5.41) is 10.6. The Hall–Kier alpha value is -2.93. The fourth-order valence-corrected chi connectivity index (χ4v) is 4.90. The third-order valence-corrected chi connectivity index (χ3v) is 6.79. The van der Waals surface area contributed by atoms with E-state index in [2.05, 4.69) is 9.88 Å². The minimum atomic E-state index is -1.18. The number of halogens is 1. The zero-order valence-electron chi connectivity index (χ0n) is 19.0. The molecule has 1 aromatic carbocycles. The number of rotatable bonds is 10. The van der Waals surface area contributed by atoms with Crippen molar-refractivity contribution in [3.63, 3.8) is 0 Å². The molecule has 0 spiro atoms. The molecule has 1 aliphatic rings. The van der Waals surface area contributed by atoms with Crippen molar-refractivity contribution >= 4 is 16.9 Å². The highest BCUT2D eigenvalue weighted by molar-refractivity contribution is 5.83. The standard InChI is InChI=1S/C26H31FN2O4/c1-32-20-5-7-25-22(15-20)21(8-11-28-25)24(27)6-4-19-9-13-29(16-23(19)26(30)31)12-2-3-18-10-14-33-17-18/h5,7-8,10-11,14-15,17,19,23-24H,2-4,6,9,12-13,16H2,1H3,(H,30,31). The number of piperidine rings is 1. The first-order chi connectivity index (χ1) is 16.0. The van der Waals surface area contributed by atoms with Gasteiger partial charge in [0.25, 0.3) is 0 Å². The van der Waals surface area contributed by atoms with Gasteiger partial charge < -0.3 is 19.2 Å². The van der Waals surface area contributed by atoms with Crippen molar-refractivity contribution in [2.24, 2.45) is 11.8 Å². The Bertz CT molecular complexity index is 1060. The predicted octanol–water partition coefficient (Wildman–Crippen LogP) is 5.28. The molecule has 3 atom stereocenters. The number of methoxy groups -OCH3 is 1. The van der Waals surface area contributed by atoms with E-state index in [1.54, 1.807) is 31.9 Å². The number of hydrogen-bond acceptors (Lipinski definition) is 5. The van der Waals surface area contributed by atoms with Gasteiger partial charge in [-0.05, 0) is 92.6 Å². The maximum Gasteiger partial charge on any atom is 0.308 e. The van der Waals surface area contributed by atoms with E-state index in [0.717, 1.165) is 48.8 Å². The number of carboxylic acid groups (broad SMARTS) is 1. The summed E-state index contributed by atoms with van der Waals surface area (Å²) in [5.41, 5.74) is 2.47. The molecule has 0 bridgehead atoms. The van der Waals surface area contributed by atoms with Gasteiger partial charge >= 0.3 is 5.97 Å². The van der Waals surface area contributed by atoms with Crippen LogP contribution in [0.15, 0.2) is 53.5 Å². The second kappa shape index (κ2) is 10.8. The number of carboxylic acids is 1. The third-order valence-electron chi connectivity index (χ3n) is 6.79. The molecule has 0 saturated carbocycles. The van der Waals surface area contributed by atoms with Crippen molar-refractivity contribution < 1.29 is 23.4 Å². The lowest BCUT2D eigenvalue weighted by Crippen LogP contribution is -2.44. The van der Waals surface area contributed by atoms with Crippen molar-refractivity contribution in [3.8, 4) is 5.75 Å². The van der Waals surface area contributed by atoms with E-state index >= 15 is 4.39 Å². The molecule has 176 valence electrons. The minimum absolute atomic E-state index is 0.0199. The van der Waals surface area contributed by atoms with E-state index in [9.17, 15) is 9.90 Å². The van der Waals surface area contributed by atoms with Crippen LogP contribution in [0.1, 0.15) is 43.0 Å². The molecule has 3 aromatic rings. The van der Waals surface area contributed by atoms with Crippen LogP contribution in [-0.2, 0) is 11.2 Å². The Labute approximate surface area is 193 Å². The monoisotopic (exact) mass is 454 g/mol. The molecule has 33 heavy (non-hydrogen) atoms. The van der Waals surface area contributed by atoms with Crippen LogP contribution in [0.4, 0.5) is 4.39 Å². The summed E-state index contributed by atoms with van der Waals surface area (Å²) in [6.45, 7) is 2.24. The molecule has 0 amide bonds. The summed E-state index contributed by atoms with van der Waals surface area (Å²) in [6.07, 6.45) is 7.38. The molecule has 6 nitrogen and oxygen atoms in total. The van der Waals surface area contributed by atoms with Crippen LogP contribution in [-0.4, -0.2) is 47.7 Å². The topological polar surface area (TPSA) is 75.8 Å². The summed E-state index contributed by atoms with van der Waals surface area (Å²) in [5.74, 6) is -0.605. The Balaban J connectivity index is 1.34. The number of carbonyl (C=O) groups is 1. The second-order valence-electron chi connectivity index (χ2n) is 8.86. The number of nitrogens with zero attached hydrogens (tertiary/aromatic N) is 2. The van der Waals surface area contributed by atoms with Crippen molar-refractivity contribution in [2.45, 2.75) is 38.3 Å². The molecular weight excluding hydrogens is 423 g/mol. The van der Waals surface area contributed by atoms with E-state index in [0.29, 0.717) is 30.7 Å². The van der Waals surface area contributed by atoms with Gasteiger partial charge in [0.15, 0.2) is 0 Å². The van der Waals surface area contributed by atoms with Gasteiger partial charge in [0, 0.05) is 18.1 Å². The lowest BCUT2D eigenvalue weighted by molar-refractivity contribution is -0.146. The predicted molar refractivity (Wildman–Crippen MR) is 124 cm³/mol. The molecule has 1 fully saturated rings. The molecule has 0 aliphatic carbocycles. The summed E-state index contributed by atoms with van der Waals surface area (Å²) in [7, 11) is 1.58. The molecule has 1 aliphatic heterocycles. The largest absolute Gasteiger partial charge is 0.497 e. The van der Waals surface area contributed by atoms with Crippen LogP contribution in [0.2, 0.25) is 0 Å². The van der Waals surface area contributed by atoms with E-state index in [4.69, 9.17) is 9.15 Å². The molecule has 4 rings (SSSR count). The fourth-order valence-electron chi connectivity index (χ4n) is 4.90. The zero-order chi connectivity index (χ0) is 23.2. The summed E-state index contributed by atoms with van der Waals surface area (Å²) >= 11 is 0. The maximum atomic E-state index is 15.3. The Morgan fingerprint density at radius 3 is 3.00 bits per heavy atom. The fraction of sp³-hybridized carbons (Fsp3) is 0.462. The highest BCUT2D eigenvalue weighted by atomic mass is 19.1. The number of likely N-dealkylation sites (tertiary alicyclic amines) is 1. The summed E-state index contributed by atoms with van der Waals surface area (Å²) < 4.78 is 25.7. The number of furan rings is 1. The highest BCUT2D eigenvalue weighted by Crippen LogP contribution is 2.35. The lowest BCUT2D eigenvalue weighted by atomic mass is 9.81. The SMILES string of the molecule is COc1ccc2nccc(C(F)CCC3CCN(CCCc4ccoc4)CC3C(=O)O)c2c1. The summed E-state index contributed by atoms with van der Waals surface area (Å²) in [6, 6.07) is 9.12. The normalized spacial score (nSPS) is 20.1. The van der Waals surface area contributed by atoms with Crippen LogP contribution < -0.4 is 4.74 Å². The van der Waals surface area contributed by atoms with Crippen LogP contribution in [0.25, 0.3) is 10.9 Å². The molecule has 1 saturated heterocycles. The highest BCUT2D eigenvalue weighted by Gasteiger charge is 2.34. The van der Waals surface area contributed by atoms with Crippen molar-refractivity contribution in [1.29, 1.82) is 0 Å². The second-order valence-corrected chi connectivity index (χ2v) is 8.86. The number of aliphatic carboxylic acids is 1. The molecule has 2 aromatic heterocycles. The van der Waals surface area contributed by atoms with Crippen LogP contribution >= 0.6 is 0 Å². The smallest absolute Gasteiger partial charge is 0.308 e. The first-order valence-electron chi connectivity index (χ1n) is 11.6. The molecule has 1 N–H and O–H groups in total. The van der Waals surface area contributed by atoms with Gasteiger partial charge in [-0.3, -0.25) is 9.78 Å². The lowest BCUT2D eigenvalue weighted by Gasteiger charge is -2.36. The molecular formula is C26H31FN2O4. The molecule has 7 heteroatoms. The van der Waals surface area contributed by atoms with Crippen molar-refractivity contribution in [2.75, 3.05) is 26.7 Å². The van der Waals surface area contributed by atoms with Crippen LogP contribution in [0.3, 0.4) is 0 Å². The molecule has 3 heterocycles. The Kier molecular flexibility index (Phi) is 7.60. The van der Waals surface area contributed by atoms with Crippen LogP contribution in [0.5, 0.6) is 5.75 Å². The van der Waals surface area contributed by atoms with Crippen molar-refractivity contribution in [3.05, 3.63) is 60.2 Å². The van der Waals surface area contributed by atoms with E-state index in [-0.39, 0.29) is 5.92 Å². The van der Waals surface area contributed by atoms with Gasteiger partial charge in [-0.2, -0.15) is 0 Å². The first kappa shape index (κ1) is 23.2. The van der Waals surface area contributed by atoms with Gasteiger partial charge in [0.1, 0.15) is 11.9 Å². The van der Waals surface area contributed by atoms with Gasteiger partial charge in [0.2, 0.25) is 0 Å². The Morgan fingerprint density at radius 1 is 1.36 bits per heavy atom. The number of benzene rings is 1. The maximum absolute atomic E-state index is 15.3. The van der Waals surface area contributed by atoms with Crippen LogP contribution in [0, 0.1) is 11.8 Å². The van der Waals surface area contributed by atoms with Gasteiger partial charge in [-0.25, -0.2) is 4.39 Å². The first-order valence-corrected chi connectivity index (χ1v) is 11.6. The number of ether oxygens (including phenoxy) is 1. The summed E-state index contributed by atoms with van der Waals surface area (Å²) in [4.78, 5) is 18.5. The number of aryl methyl sites for hydroxylation is 1. The number of hydrogen-bond donors (Lipinski definition) is 1. The van der Waals surface area contributed by atoms with E-state index < -0.39 is 18.1 Å².